The van der Waals surface area contributed by atoms with Crippen LogP contribution in [-0.2, 0) is 4.79 Å². The van der Waals surface area contributed by atoms with Crippen LogP contribution in [0, 0.1) is 10.8 Å². The first kappa shape index (κ1) is 13.0. The summed E-state index contributed by atoms with van der Waals surface area (Å²) in [4.78, 5) is 11.5. The van der Waals surface area contributed by atoms with Gasteiger partial charge in [0.1, 0.15) is 0 Å². The third kappa shape index (κ3) is 7.12. The minimum absolute atomic E-state index is 0.192. The molecule has 0 aliphatic heterocycles. The summed E-state index contributed by atoms with van der Waals surface area (Å²) in [5.41, 5.74) is 0.147. The number of hydrogen-bond donors (Lipinski definition) is 0. The van der Waals surface area contributed by atoms with Gasteiger partial charge in [-0.15, -0.1) is 0 Å². The van der Waals surface area contributed by atoms with Crippen molar-refractivity contribution in [2.24, 2.45) is 10.8 Å². The van der Waals surface area contributed by atoms with Gasteiger partial charge >= 0.3 is 0 Å². The van der Waals surface area contributed by atoms with E-state index in [1.165, 1.54) is 11.8 Å². The molecule has 0 aromatic rings. The molecule has 0 aliphatic carbocycles. The molecular formula is C11H22OS. The second kappa shape index (κ2) is 4.50. The molecule has 1 nitrogen and oxygen atoms in total. The lowest BCUT2D eigenvalue weighted by atomic mass is 9.94. The Morgan fingerprint density at radius 1 is 1.08 bits per heavy atom. The minimum atomic E-state index is -0.192. The monoisotopic (exact) mass is 202 g/mol. The summed E-state index contributed by atoms with van der Waals surface area (Å²) in [5, 5.41) is 0.303. The lowest BCUT2D eigenvalue weighted by molar-refractivity contribution is -0.117. The van der Waals surface area contributed by atoms with Crippen LogP contribution in [0.4, 0.5) is 0 Å². The van der Waals surface area contributed by atoms with Gasteiger partial charge < -0.3 is 0 Å². The van der Waals surface area contributed by atoms with Gasteiger partial charge in [0.25, 0.3) is 0 Å². The van der Waals surface area contributed by atoms with Gasteiger partial charge in [-0.2, -0.15) is 0 Å². The summed E-state index contributed by atoms with van der Waals surface area (Å²) >= 11 is 1.47. The van der Waals surface area contributed by atoms with Crippen LogP contribution in [0.15, 0.2) is 0 Å². The second-order valence-corrected chi connectivity index (χ2v) is 6.76. The van der Waals surface area contributed by atoms with Crippen molar-refractivity contribution in [2.75, 3.05) is 5.75 Å². The second-order valence-electron chi connectivity index (χ2n) is 5.70. The first-order chi connectivity index (χ1) is 5.63. The van der Waals surface area contributed by atoms with Crippen molar-refractivity contribution < 1.29 is 4.79 Å². The molecule has 0 N–H and O–H groups in total. The summed E-state index contributed by atoms with van der Waals surface area (Å²) in [6.07, 6.45) is 1.10. The van der Waals surface area contributed by atoms with E-state index in [1.807, 2.05) is 20.8 Å². The average Bonchev–Trinajstić information content (AvgIpc) is 1.82. The summed E-state index contributed by atoms with van der Waals surface area (Å²) < 4.78 is 0. The Morgan fingerprint density at radius 3 is 1.85 bits per heavy atom. The number of thioether (sulfide) groups is 1. The van der Waals surface area contributed by atoms with Gasteiger partial charge in [-0.3, -0.25) is 4.79 Å². The molecule has 0 saturated carbocycles. The Balaban J connectivity index is 3.74. The number of hydrogen-bond acceptors (Lipinski definition) is 2. The summed E-state index contributed by atoms with van der Waals surface area (Å²) in [5.74, 6) is 0.944. The fraction of sp³-hybridized carbons (Fsp3) is 0.909. The zero-order chi connectivity index (χ0) is 10.7. The molecule has 0 saturated heterocycles. The number of carbonyl (C=O) groups excluding carboxylic acids is 1. The highest BCUT2D eigenvalue weighted by Gasteiger charge is 2.22. The van der Waals surface area contributed by atoms with Crippen molar-refractivity contribution in [1.82, 2.24) is 0 Å². The highest BCUT2D eigenvalue weighted by Crippen LogP contribution is 2.27. The van der Waals surface area contributed by atoms with Crippen LogP contribution in [-0.4, -0.2) is 10.9 Å². The third-order valence-corrected chi connectivity index (χ3v) is 2.98. The van der Waals surface area contributed by atoms with Crippen molar-refractivity contribution in [3.05, 3.63) is 0 Å². The van der Waals surface area contributed by atoms with E-state index < -0.39 is 0 Å². The predicted molar refractivity (Wildman–Crippen MR) is 61.0 cm³/mol. The van der Waals surface area contributed by atoms with Crippen molar-refractivity contribution in [1.29, 1.82) is 0 Å². The van der Waals surface area contributed by atoms with Gasteiger partial charge in [-0.1, -0.05) is 53.3 Å². The van der Waals surface area contributed by atoms with E-state index >= 15 is 0 Å². The third-order valence-electron chi connectivity index (χ3n) is 1.70. The van der Waals surface area contributed by atoms with Crippen molar-refractivity contribution in [2.45, 2.75) is 48.0 Å². The number of rotatable bonds is 2. The first-order valence-electron chi connectivity index (χ1n) is 4.80. The van der Waals surface area contributed by atoms with Crippen LogP contribution in [0.2, 0.25) is 0 Å². The number of carbonyl (C=O) groups is 1. The van der Waals surface area contributed by atoms with Gasteiger partial charge in [-0.05, 0) is 11.8 Å². The lowest BCUT2D eigenvalue weighted by Gasteiger charge is -2.19. The first-order valence-corrected chi connectivity index (χ1v) is 5.79. The SMILES string of the molecule is CC(C)(C)CCSC(=O)C(C)(C)C. The van der Waals surface area contributed by atoms with E-state index in [0.717, 1.165) is 12.2 Å². The maximum atomic E-state index is 11.5. The molecule has 0 spiro atoms. The molecule has 0 rings (SSSR count). The maximum Gasteiger partial charge on any atom is 0.194 e. The fourth-order valence-electron chi connectivity index (χ4n) is 0.666. The molecule has 0 heterocycles. The van der Waals surface area contributed by atoms with E-state index in [-0.39, 0.29) is 5.41 Å². The standard InChI is InChI=1S/C11H22OS/c1-10(2,3)7-8-13-9(12)11(4,5)6/h7-8H2,1-6H3. The molecule has 0 fully saturated rings. The normalized spacial score (nSPS) is 13.1. The van der Waals surface area contributed by atoms with E-state index in [2.05, 4.69) is 20.8 Å². The van der Waals surface area contributed by atoms with Crippen LogP contribution >= 0.6 is 11.8 Å². The van der Waals surface area contributed by atoms with Crippen LogP contribution in [0.25, 0.3) is 0 Å². The van der Waals surface area contributed by atoms with Crippen LogP contribution in [0.3, 0.4) is 0 Å². The highest BCUT2D eigenvalue weighted by atomic mass is 32.2. The minimum Gasteiger partial charge on any atom is -0.287 e. The largest absolute Gasteiger partial charge is 0.287 e. The van der Waals surface area contributed by atoms with Crippen molar-refractivity contribution >= 4 is 16.9 Å². The van der Waals surface area contributed by atoms with Gasteiger partial charge in [-0.25, -0.2) is 0 Å². The average molecular weight is 202 g/mol. The van der Waals surface area contributed by atoms with Gasteiger partial charge in [0.05, 0.1) is 0 Å². The molecule has 0 amide bonds. The fourth-order valence-corrected chi connectivity index (χ4v) is 2.00. The molecule has 0 bridgehead atoms. The zero-order valence-corrected chi connectivity index (χ0v) is 10.5. The molecule has 0 radical (unpaired) electrons. The van der Waals surface area contributed by atoms with E-state index in [9.17, 15) is 4.79 Å². The Morgan fingerprint density at radius 2 is 1.54 bits per heavy atom. The van der Waals surface area contributed by atoms with E-state index in [0.29, 0.717) is 10.5 Å². The zero-order valence-electron chi connectivity index (χ0n) is 9.73. The smallest absolute Gasteiger partial charge is 0.194 e. The van der Waals surface area contributed by atoms with Crippen molar-refractivity contribution in [3.8, 4) is 0 Å². The van der Waals surface area contributed by atoms with E-state index in [1.54, 1.807) is 0 Å². The summed E-state index contributed by atoms with van der Waals surface area (Å²) in [6, 6.07) is 0. The predicted octanol–water partition coefficient (Wildman–Crippen LogP) is 3.73. The van der Waals surface area contributed by atoms with Gasteiger partial charge in [0.2, 0.25) is 0 Å². The summed E-state index contributed by atoms with van der Waals surface area (Å²) in [7, 11) is 0. The molecule has 0 aromatic carbocycles. The Labute approximate surface area is 86.7 Å². The van der Waals surface area contributed by atoms with Gasteiger partial charge in [0.15, 0.2) is 5.12 Å². The quantitative estimate of drug-likeness (QED) is 0.678. The molecule has 13 heavy (non-hydrogen) atoms. The Hall–Kier alpha value is 0.0200. The molecule has 2 heteroatoms. The van der Waals surface area contributed by atoms with Crippen LogP contribution < -0.4 is 0 Å². The molecule has 0 atom stereocenters. The van der Waals surface area contributed by atoms with Crippen LogP contribution in [0.1, 0.15) is 48.0 Å². The Bertz CT molecular complexity index is 172. The molecule has 0 unspecified atom stereocenters. The lowest BCUT2D eigenvalue weighted by Crippen LogP contribution is -2.17. The summed E-state index contributed by atoms with van der Waals surface area (Å²) in [6.45, 7) is 12.5. The molecule has 0 aliphatic rings. The van der Waals surface area contributed by atoms with Crippen molar-refractivity contribution in [3.63, 3.8) is 0 Å². The highest BCUT2D eigenvalue weighted by molar-refractivity contribution is 8.13. The van der Waals surface area contributed by atoms with Gasteiger partial charge in [0, 0.05) is 11.2 Å². The topological polar surface area (TPSA) is 17.1 Å². The Kier molecular flexibility index (Phi) is 4.50. The van der Waals surface area contributed by atoms with Crippen LogP contribution in [0.5, 0.6) is 0 Å². The molecule has 0 aromatic heterocycles. The maximum absolute atomic E-state index is 11.5. The van der Waals surface area contributed by atoms with E-state index in [4.69, 9.17) is 0 Å². The molecular weight excluding hydrogens is 180 g/mol. The molecule has 78 valence electrons.